The van der Waals surface area contributed by atoms with Crippen LogP contribution in [0.3, 0.4) is 0 Å². The van der Waals surface area contributed by atoms with Crippen LogP contribution in [0.4, 0.5) is 0 Å². The van der Waals surface area contributed by atoms with Crippen LogP contribution in [0.1, 0.15) is 104 Å². The van der Waals surface area contributed by atoms with Crippen molar-refractivity contribution in [1.29, 1.82) is 0 Å². The lowest BCUT2D eigenvalue weighted by Gasteiger charge is -2.67. The van der Waals surface area contributed by atoms with Crippen molar-refractivity contribution in [2.45, 2.75) is 148 Å². The third-order valence-electron chi connectivity index (χ3n) is 15.5. The van der Waals surface area contributed by atoms with Gasteiger partial charge in [0.15, 0.2) is 20.0 Å². The number of carbonyl (C=O) groups is 6. The second-order valence-electron chi connectivity index (χ2n) is 20.5. The normalized spacial score (nSPS) is 33.4. The predicted octanol–water partition coefficient (Wildman–Crippen LogP) is 5.99. The Morgan fingerprint density at radius 1 is 0.953 bits per heavy atom. The van der Waals surface area contributed by atoms with Crippen LogP contribution in [0.2, 0.25) is 18.1 Å². The summed E-state index contributed by atoms with van der Waals surface area (Å²) < 4.78 is 31.8. The Hall–Kier alpha value is -4.54. The second-order valence-corrected chi connectivity index (χ2v) is 25.3. The number of allylic oxidation sites excluding steroid dienone is 1. The van der Waals surface area contributed by atoms with E-state index in [-0.39, 0.29) is 18.6 Å². The summed E-state index contributed by atoms with van der Waals surface area (Å²) in [4.78, 5) is 86.4. The number of hydrogen-bond donors (Lipinski definition) is 3. The summed E-state index contributed by atoms with van der Waals surface area (Å²) in [6.07, 6.45) is -6.07. The maximum Gasteiger partial charge on any atom is 0.338 e. The zero-order valence-corrected chi connectivity index (χ0v) is 40.1. The van der Waals surface area contributed by atoms with Crippen molar-refractivity contribution in [3.8, 4) is 0 Å². The van der Waals surface area contributed by atoms with E-state index in [1.165, 1.54) is 26.0 Å². The fourth-order valence-electron chi connectivity index (χ4n) is 10.4. The van der Waals surface area contributed by atoms with Crippen LogP contribution in [-0.2, 0) is 47.3 Å². The van der Waals surface area contributed by atoms with Gasteiger partial charge >= 0.3 is 17.9 Å². The van der Waals surface area contributed by atoms with Crippen molar-refractivity contribution in [2.24, 2.45) is 28.6 Å². The molecule has 2 bridgehead atoms. The highest BCUT2D eigenvalue weighted by atomic mass is 28.4. The van der Waals surface area contributed by atoms with E-state index in [1.807, 2.05) is 33.9 Å². The van der Waals surface area contributed by atoms with Gasteiger partial charge in [-0.3, -0.25) is 19.2 Å². The van der Waals surface area contributed by atoms with Crippen LogP contribution in [0.5, 0.6) is 0 Å². The van der Waals surface area contributed by atoms with Gasteiger partial charge in [0.2, 0.25) is 17.5 Å². The van der Waals surface area contributed by atoms with E-state index in [1.54, 1.807) is 89.2 Å². The van der Waals surface area contributed by atoms with Crippen LogP contribution >= 0.6 is 0 Å². The molecule has 4 aliphatic rings. The minimum absolute atomic E-state index is 0.103. The molecule has 14 nitrogen and oxygen atoms in total. The first-order chi connectivity index (χ1) is 29.7. The molecule has 4 fully saturated rings. The number of esters is 3. The minimum atomic E-state index is -2.87. The second kappa shape index (κ2) is 17.4. The van der Waals surface area contributed by atoms with Gasteiger partial charge in [-0.1, -0.05) is 96.1 Å². The Morgan fingerprint density at radius 2 is 1.55 bits per heavy atom. The van der Waals surface area contributed by atoms with Gasteiger partial charge in [0.25, 0.3) is 0 Å². The van der Waals surface area contributed by atoms with E-state index in [2.05, 4.69) is 5.32 Å². The number of aliphatic hydroxyl groups excluding tert-OH is 1. The van der Waals surface area contributed by atoms with Crippen LogP contribution in [-0.4, -0.2) is 102 Å². The molecule has 3 saturated carbocycles. The van der Waals surface area contributed by atoms with Crippen molar-refractivity contribution in [3.63, 3.8) is 0 Å². The molecule has 2 aromatic carbocycles. The van der Waals surface area contributed by atoms with E-state index in [0.717, 1.165) is 0 Å². The Kier molecular flexibility index (Phi) is 13.3. The summed E-state index contributed by atoms with van der Waals surface area (Å²) in [7, 11) is -2.87. The maximum atomic E-state index is 15.2. The fourth-order valence-corrected chi connectivity index (χ4v) is 11.6. The number of benzene rings is 2. The SMILES string of the molecule is CC=C(C)C(=O)N[C@@H](c1ccccc1)[C@@H](O[Si](C)(C)C(C)(C)C)C(=O)O[C@H]1C[C@@]2(O)[C@@H](OC(=O)c3ccccc3)C3[C@](C)(C(=O)C(=O)C(C1C)C2(C)C)[C@@H](O)C[C@H]1OC[C@@]31OC(C)=O. The average Bonchev–Trinajstić information content (AvgIpc) is 3.22. The Bertz CT molecular complexity index is 2190. The zero-order chi connectivity index (χ0) is 47.5. The lowest BCUT2D eigenvalue weighted by molar-refractivity contribution is -0.350. The summed E-state index contributed by atoms with van der Waals surface area (Å²) in [6.45, 7) is 20.4. The Labute approximate surface area is 376 Å². The van der Waals surface area contributed by atoms with Gasteiger partial charge in [-0.25, -0.2) is 9.59 Å². The average molecular weight is 904 g/mol. The summed E-state index contributed by atoms with van der Waals surface area (Å²) in [5.74, 6) is -8.76. The van der Waals surface area contributed by atoms with Crippen LogP contribution in [0.15, 0.2) is 72.3 Å². The van der Waals surface area contributed by atoms with Crippen molar-refractivity contribution < 1.29 is 62.4 Å². The van der Waals surface area contributed by atoms with Crippen molar-refractivity contribution in [2.75, 3.05) is 6.61 Å². The monoisotopic (exact) mass is 903 g/mol. The number of hydrogen-bond acceptors (Lipinski definition) is 13. The van der Waals surface area contributed by atoms with Gasteiger partial charge in [0.1, 0.15) is 23.9 Å². The van der Waals surface area contributed by atoms with Crippen molar-refractivity contribution in [3.05, 3.63) is 83.4 Å². The number of nitrogens with one attached hydrogen (secondary N) is 1. The molecule has 2 aromatic rings. The molecule has 1 aliphatic heterocycles. The first kappa shape index (κ1) is 48.9. The van der Waals surface area contributed by atoms with Gasteiger partial charge in [-0.05, 0) is 56.6 Å². The number of carbonyl (C=O) groups excluding carboxylic acids is 6. The number of ketones is 2. The van der Waals surface area contributed by atoms with Gasteiger partial charge in [0.05, 0.1) is 35.6 Å². The lowest BCUT2D eigenvalue weighted by atomic mass is 9.42. The molecule has 64 heavy (non-hydrogen) atoms. The summed E-state index contributed by atoms with van der Waals surface area (Å²) >= 11 is 0. The number of ether oxygens (including phenoxy) is 4. The molecule has 6 rings (SSSR count). The molecule has 1 heterocycles. The lowest BCUT2D eigenvalue weighted by Crippen LogP contribution is -2.82. The molecule has 1 amide bonds. The molecule has 348 valence electrons. The van der Waals surface area contributed by atoms with Crippen molar-refractivity contribution in [1.82, 2.24) is 5.32 Å². The molecule has 0 radical (unpaired) electrons. The number of rotatable bonds is 11. The zero-order valence-electron chi connectivity index (χ0n) is 39.1. The number of amides is 1. The Morgan fingerprint density at radius 3 is 2.08 bits per heavy atom. The third-order valence-corrected chi connectivity index (χ3v) is 19.9. The van der Waals surface area contributed by atoms with E-state index >= 15 is 14.4 Å². The largest absolute Gasteiger partial charge is 0.460 e. The topological polar surface area (TPSA) is 201 Å². The first-order valence-corrected chi connectivity index (χ1v) is 25.0. The summed E-state index contributed by atoms with van der Waals surface area (Å²) in [6, 6.07) is 15.8. The third kappa shape index (κ3) is 8.09. The van der Waals surface area contributed by atoms with Gasteiger partial charge in [0, 0.05) is 42.6 Å². The standard InChI is InChI=1S/C49H65NO13Si/c1-13-27(2)42(55)50-36(30-20-16-14-17-21-30)38(63-64(11,12)45(5,6)7)44(57)60-32-25-49(58)41(61-43(56)31-22-18-15-19-23-31)39-47(10,40(54)37(53)35(28(32)3)46(49,8)9)33(52)24-34-48(39,26-59-34)62-29(4)51/h13-23,28,32-36,38-39,41,52,58H,24-26H2,1-12H3,(H,50,55)/t28?,32-,33-,34+,35?,36-,38+,39?,41-,47+,48-,49+/m0/s1. The number of fused-ring (bicyclic) bond motifs is 5. The van der Waals surface area contributed by atoms with E-state index in [9.17, 15) is 24.6 Å². The van der Waals surface area contributed by atoms with E-state index < -0.39 is 132 Å². The minimum Gasteiger partial charge on any atom is -0.460 e. The van der Waals surface area contributed by atoms with Crippen LogP contribution in [0, 0.1) is 28.6 Å². The quantitative estimate of drug-likeness (QED) is 0.0782. The highest BCUT2D eigenvalue weighted by molar-refractivity contribution is 6.74. The smallest absolute Gasteiger partial charge is 0.338 e. The van der Waals surface area contributed by atoms with Gasteiger partial charge < -0.3 is 38.9 Å². The molecule has 12 atom stereocenters. The van der Waals surface area contributed by atoms with E-state index in [0.29, 0.717) is 11.1 Å². The molecular formula is C49H65NO13Si. The van der Waals surface area contributed by atoms with Crippen LogP contribution < -0.4 is 5.32 Å². The molecule has 15 heteroatoms. The molecule has 1 saturated heterocycles. The summed E-state index contributed by atoms with van der Waals surface area (Å²) in [5, 5.41) is 28.3. The molecule has 3 aliphatic carbocycles. The molecular weight excluding hydrogens is 839 g/mol. The maximum absolute atomic E-state index is 15.2. The van der Waals surface area contributed by atoms with Crippen LogP contribution in [0.25, 0.3) is 0 Å². The summed E-state index contributed by atoms with van der Waals surface area (Å²) in [5.41, 5.74) is -6.65. The first-order valence-electron chi connectivity index (χ1n) is 22.1. The molecule has 0 aromatic heterocycles. The van der Waals surface area contributed by atoms with Gasteiger partial charge in [-0.15, -0.1) is 0 Å². The Balaban J connectivity index is 1.54. The molecule has 3 unspecified atom stereocenters. The number of Topliss-reactive ketones (excluding diaryl/α,β-unsaturated/α-hetero) is 2. The highest BCUT2D eigenvalue weighted by Crippen LogP contribution is 2.64. The fraction of sp³-hybridized carbons (Fsp3) is 0.592. The molecule has 0 spiro atoms. The molecule has 3 N–H and O–H groups in total. The number of aliphatic hydroxyl groups is 2. The van der Waals surface area contributed by atoms with Crippen molar-refractivity contribution >= 4 is 43.7 Å². The predicted molar refractivity (Wildman–Crippen MR) is 237 cm³/mol. The highest BCUT2D eigenvalue weighted by Gasteiger charge is 2.79. The van der Waals surface area contributed by atoms with Gasteiger partial charge in [-0.2, -0.15) is 0 Å². The van der Waals surface area contributed by atoms with E-state index in [4.69, 9.17) is 23.4 Å².